The van der Waals surface area contributed by atoms with Crippen LogP contribution in [0, 0.1) is 10.6 Å². The van der Waals surface area contributed by atoms with Crippen molar-refractivity contribution >= 4 is 38.6 Å². The maximum Gasteiger partial charge on any atom is 0.255 e. The molecule has 0 saturated heterocycles. The second kappa shape index (κ2) is 9.01. The number of nitrogens with zero attached hydrogens (tertiary/aromatic N) is 1. The number of halogens is 2. The number of hydrogen-bond donors (Lipinski definition) is 3. The zero-order valence-corrected chi connectivity index (χ0v) is 18.7. The van der Waals surface area contributed by atoms with Crippen molar-refractivity contribution in [3.8, 4) is 11.1 Å². The molecule has 33 heavy (non-hydrogen) atoms. The molecule has 4 N–H and O–H groups in total. The topological polar surface area (TPSA) is 109 Å². The molecule has 9 heteroatoms. The summed E-state index contributed by atoms with van der Waals surface area (Å²) in [6.45, 7) is 0. The Hall–Kier alpha value is -3.75. The molecule has 4 aromatic rings. The van der Waals surface area contributed by atoms with Gasteiger partial charge < -0.3 is 11.1 Å². The molecule has 0 bridgehead atoms. The first-order valence-corrected chi connectivity index (χ1v) is 11.6. The molecule has 0 radical (unpaired) electrons. The second-order valence-corrected chi connectivity index (χ2v) is 9.60. The van der Waals surface area contributed by atoms with Crippen molar-refractivity contribution in [2.45, 2.75) is 9.79 Å². The Labute approximate surface area is 195 Å². The van der Waals surface area contributed by atoms with Gasteiger partial charge in [-0.05, 0) is 71.8 Å². The molecule has 1 unspecified atom stereocenters. The minimum absolute atomic E-state index is 0.217. The molecule has 1 aromatic heterocycles. The van der Waals surface area contributed by atoms with Gasteiger partial charge in [0.15, 0.2) is 0 Å². The normalized spacial score (nSPS) is 12.7. The second-order valence-electron chi connectivity index (χ2n) is 7.16. The first-order chi connectivity index (χ1) is 15.7. The van der Waals surface area contributed by atoms with Gasteiger partial charge in [-0.3, -0.25) is 4.79 Å². The van der Waals surface area contributed by atoms with E-state index in [1.807, 2.05) is 0 Å². The highest BCUT2D eigenvalue weighted by molar-refractivity contribution is 7.92. The average molecular weight is 481 g/mol. The van der Waals surface area contributed by atoms with Crippen LogP contribution in [0.15, 0.2) is 94.9 Å². The fourth-order valence-electron chi connectivity index (χ4n) is 3.15. The van der Waals surface area contributed by atoms with E-state index in [0.29, 0.717) is 16.9 Å². The minimum atomic E-state index is -3.30. The van der Waals surface area contributed by atoms with Crippen LogP contribution in [0.4, 0.5) is 15.8 Å². The molecule has 3 aromatic carbocycles. The number of benzene rings is 3. The van der Waals surface area contributed by atoms with Gasteiger partial charge in [-0.15, -0.1) is 0 Å². The molecule has 1 heterocycles. The van der Waals surface area contributed by atoms with E-state index in [0.717, 1.165) is 11.1 Å². The van der Waals surface area contributed by atoms with Crippen molar-refractivity contribution in [3.05, 3.63) is 102 Å². The van der Waals surface area contributed by atoms with Crippen molar-refractivity contribution < 1.29 is 13.4 Å². The smallest absolute Gasteiger partial charge is 0.255 e. The van der Waals surface area contributed by atoms with E-state index >= 15 is 0 Å². The van der Waals surface area contributed by atoms with E-state index in [-0.39, 0.29) is 20.8 Å². The molecular weight excluding hydrogens is 463 g/mol. The van der Waals surface area contributed by atoms with Crippen molar-refractivity contribution in [1.82, 2.24) is 4.98 Å². The van der Waals surface area contributed by atoms with Gasteiger partial charge in [0, 0.05) is 11.8 Å². The highest BCUT2D eigenvalue weighted by Crippen LogP contribution is 2.28. The summed E-state index contributed by atoms with van der Waals surface area (Å²) in [6, 6.07) is 20.0. The number of nitrogen functional groups attached to an aromatic ring is 1. The summed E-state index contributed by atoms with van der Waals surface area (Å²) in [5, 5.41) is 3.00. The van der Waals surface area contributed by atoms with Crippen molar-refractivity contribution in [1.29, 1.82) is 4.78 Å². The Bertz CT molecular complexity index is 1420. The highest BCUT2D eigenvalue weighted by atomic mass is 35.5. The fraction of sp³-hybridized carbons (Fsp3) is 0. The number of amides is 1. The molecule has 0 fully saturated rings. The summed E-state index contributed by atoms with van der Waals surface area (Å²) in [4.78, 5) is 17.1. The molecular formula is C24H18ClFN4O2S. The minimum Gasteiger partial charge on any atom is -0.397 e. The van der Waals surface area contributed by atoms with Crippen molar-refractivity contribution in [2.24, 2.45) is 0 Å². The van der Waals surface area contributed by atoms with Gasteiger partial charge >= 0.3 is 0 Å². The zero-order chi connectivity index (χ0) is 23.6. The van der Waals surface area contributed by atoms with Crippen LogP contribution < -0.4 is 11.1 Å². The quantitative estimate of drug-likeness (QED) is 0.246. The molecule has 4 rings (SSSR count). The predicted octanol–water partition coefficient (Wildman–Crippen LogP) is 5.84. The Kier molecular flexibility index (Phi) is 6.13. The van der Waals surface area contributed by atoms with Gasteiger partial charge in [0.05, 0.1) is 21.2 Å². The molecule has 0 aliphatic heterocycles. The first-order valence-electron chi connectivity index (χ1n) is 9.71. The number of aromatic nitrogens is 1. The van der Waals surface area contributed by atoms with E-state index in [1.54, 1.807) is 30.3 Å². The first kappa shape index (κ1) is 22.4. The molecule has 0 saturated carbocycles. The number of rotatable bonds is 5. The Morgan fingerprint density at radius 3 is 2.21 bits per heavy atom. The maximum absolute atomic E-state index is 13.2. The van der Waals surface area contributed by atoms with E-state index in [1.165, 1.54) is 54.7 Å². The van der Waals surface area contributed by atoms with Crippen LogP contribution in [0.3, 0.4) is 0 Å². The zero-order valence-electron chi connectivity index (χ0n) is 17.1. The molecule has 1 atom stereocenters. The monoisotopic (exact) mass is 480 g/mol. The number of carbonyl (C=O) groups excluding carboxylic acids is 1. The van der Waals surface area contributed by atoms with Gasteiger partial charge in [0.1, 0.15) is 20.7 Å². The van der Waals surface area contributed by atoms with Crippen molar-refractivity contribution in [3.63, 3.8) is 0 Å². The predicted molar refractivity (Wildman–Crippen MR) is 127 cm³/mol. The lowest BCUT2D eigenvalue weighted by molar-refractivity contribution is 0.102. The summed E-state index contributed by atoms with van der Waals surface area (Å²) in [5.41, 5.74) is 8.64. The van der Waals surface area contributed by atoms with Crippen LogP contribution in [-0.4, -0.2) is 15.1 Å². The SMILES string of the molecule is N=S(=O)(c1ccc(C(=O)Nc2cc(-c3ccc(F)cc3)ccc2N)cc1)c1ccc(Cl)nc1. The van der Waals surface area contributed by atoms with Crippen LogP contribution in [0.25, 0.3) is 11.1 Å². The largest absolute Gasteiger partial charge is 0.397 e. The van der Waals surface area contributed by atoms with Gasteiger partial charge in [-0.25, -0.2) is 18.4 Å². The van der Waals surface area contributed by atoms with Gasteiger partial charge in [-0.1, -0.05) is 29.8 Å². The van der Waals surface area contributed by atoms with Crippen LogP contribution in [-0.2, 0) is 9.73 Å². The Morgan fingerprint density at radius 1 is 0.939 bits per heavy atom. The Morgan fingerprint density at radius 2 is 1.58 bits per heavy atom. The van der Waals surface area contributed by atoms with Crippen molar-refractivity contribution in [2.75, 3.05) is 11.1 Å². The Balaban J connectivity index is 1.55. The van der Waals surface area contributed by atoms with E-state index in [9.17, 15) is 13.4 Å². The molecule has 0 aliphatic rings. The van der Waals surface area contributed by atoms with Crippen LogP contribution in [0.1, 0.15) is 10.4 Å². The number of hydrogen-bond acceptors (Lipinski definition) is 5. The number of nitrogens with one attached hydrogen (secondary N) is 2. The van der Waals surface area contributed by atoms with E-state index in [2.05, 4.69) is 10.3 Å². The number of anilines is 2. The molecule has 6 nitrogen and oxygen atoms in total. The molecule has 0 aliphatic carbocycles. The summed E-state index contributed by atoms with van der Waals surface area (Å²) in [6.07, 6.45) is 1.30. The van der Waals surface area contributed by atoms with Crippen LogP contribution in [0.2, 0.25) is 5.15 Å². The summed E-state index contributed by atoms with van der Waals surface area (Å²) in [7, 11) is -3.30. The van der Waals surface area contributed by atoms with Crippen LogP contribution >= 0.6 is 11.6 Å². The van der Waals surface area contributed by atoms with E-state index in [4.69, 9.17) is 22.1 Å². The van der Waals surface area contributed by atoms with Crippen LogP contribution in [0.5, 0.6) is 0 Å². The van der Waals surface area contributed by atoms with Gasteiger partial charge in [0.25, 0.3) is 5.91 Å². The fourth-order valence-corrected chi connectivity index (χ4v) is 4.51. The highest BCUT2D eigenvalue weighted by Gasteiger charge is 2.16. The number of pyridine rings is 1. The average Bonchev–Trinajstić information content (AvgIpc) is 2.81. The summed E-state index contributed by atoms with van der Waals surface area (Å²) in [5.74, 6) is -0.760. The molecule has 1 amide bonds. The molecule has 0 spiro atoms. The number of nitrogens with two attached hydrogens (primary N) is 1. The third-order valence-corrected chi connectivity index (χ3v) is 7.02. The standard InChI is InChI=1S/C24H18ClFN4O2S/c25-23-12-10-20(14-29-23)33(28,32)19-8-3-16(4-9-19)24(31)30-22-13-17(5-11-21(22)27)15-1-6-18(26)7-2-15/h1-14,28H,27H2,(H,30,31). The van der Waals surface area contributed by atoms with Gasteiger partial charge in [-0.2, -0.15) is 0 Å². The lowest BCUT2D eigenvalue weighted by Crippen LogP contribution is -2.13. The number of carbonyl (C=O) groups is 1. The summed E-state index contributed by atoms with van der Waals surface area (Å²) >= 11 is 5.76. The van der Waals surface area contributed by atoms with E-state index < -0.39 is 15.6 Å². The maximum atomic E-state index is 13.2. The van der Waals surface area contributed by atoms with Gasteiger partial charge in [0.2, 0.25) is 0 Å². The lowest BCUT2D eigenvalue weighted by Gasteiger charge is -2.12. The third kappa shape index (κ3) is 4.87. The summed E-state index contributed by atoms with van der Waals surface area (Å²) < 4.78 is 34.4. The lowest BCUT2D eigenvalue weighted by atomic mass is 10.0. The third-order valence-electron chi connectivity index (χ3n) is 4.96. The molecule has 166 valence electrons.